The Morgan fingerprint density at radius 1 is 1.42 bits per heavy atom. The number of ether oxygens (including phenoxy) is 2. The van der Waals surface area contributed by atoms with Crippen molar-refractivity contribution >= 4 is 51.0 Å². The van der Waals surface area contributed by atoms with Gasteiger partial charge in [-0.2, -0.15) is 0 Å². The summed E-state index contributed by atoms with van der Waals surface area (Å²) in [6, 6.07) is 3.67. The number of esters is 1. The van der Waals surface area contributed by atoms with Crippen molar-refractivity contribution < 1.29 is 29.0 Å². The van der Waals surface area contributed by atoms with E-state index in [1.807, 2.05) is 32.9 Å². The molecule has 0 saturated carbocycles. The van der Waals surface area contributed by atoms with Gasteiger partial charge in [-0.1, -0.05) is 66.0 Å². The second kappa shape index (κ2) is 11.3. The molecule has 208 valence electrons. The molecule has 8 nitrogen and oxygen atoms in total. The van der Waals surface area contributed by atoms with Gasteiger partial charge in [-0.15, -0.1) is 6.58 Å². The molecule has 2 bridgehead atoms. The average Bonchev–Trinajstić information content (AvgIpc) is 3.47. The topological polar surface area (TPSA) is 96.4 Å². The van der Waals surface area contributed by atoms with E-state index >= 15 is 0 Å². The van der Waals surface area contributed by atoms with Crippen LogP contribution in [-0.4, -0.2) is 76.2 Å². The van der Waals surface area contributed by atoms with Crippen LogP contribution in [0.1, 0.15) is 39.2 Å². The van der Waals surface area contributed by atoms with E-state index in [4.69, 9.17) is 21.1 Å². The van der Waals surface area contributed by atoms with Crippen molar-refractivity contribution in [3.8, 4) is 0 Å². The number of aliphatic hydroxyl groups excluding tert-OH is 1. The summed E-state index contributed by atoms with van der Waals surface area (Å²) in [5, 5.41) is 10.9. The first kappa shape index (κ1) is 29.1. The number of hydrogen-bond donors (Lipinski definition) is 1. The van der Waals surface area contributed by atoms with Gasteiger partial charge in [0.2, 0.25) is 5.91 Å². The number of alkyl halides is 1. The predicted octanol–water partition coefficient (Wildman–Crippen LogP) is 3.89. The molecular formula is C28H36BrClN2O6. The number of hydrogen-bond acceptors (Lipinski definition) is 6. The van der Waals surface area contributed by atoms with Crippen molar-refractivity contribution in [2.24, 2.45) is 17.8 Å². The molecule has 4 rings (SSSR count). The smallest absolute Gasteiger partial charge is 0.312 e. The van der Waals surface area contributed by atoms with E-state index in [9.17, 15) is 19.5 Å². The number of benzene rings is 1. The molecular weight excluding hydrogens is 576 g/mol. The van der Waals surface area contributed by atoms with Crippen LogP contribution in [0.4, 0.5) is 5.69 Å². The lowest BCUT2D eigenvalue weighted by atomic mass is 9.70. The molecule has 1 spiro atoms. The number of aliphatic hydroxyl groups is 1. The number of para-hydroxylation sites is 1. The molecule has 10 heteroatoms. The molecule has 38 heavy (non-hydrogen) atoms. The normalized spacial score (nSPS) is 31.2. The number of fused-ring (bicyclic) bond motifs is 1. The maximum absolute atomic E-state index is 14.7. The summed E-state index contributed by atoms with van der Waals surface area (Å²) >= 11 is 10.3. The monoisotopic (exact) mass is 610 g/mol. The zero-order valence-corrected chi connectivity index (χ0v) is 24.6. The summed E-state index contributed by atoms with van der Waals surface area (Å²) < 4.78 is 11.9. The van der Waals surface area contributed by atoms with Crippen molar-refractivity contribution in [1.82, 2.24) is 4.90 Å². The van der Waals surface area contributed by atoms with Gasteiger partial charge in [-0.3, -0.25) is 14.4 Å². The molecule has 3 saturated heterocycles. The van der Waals surface area contributed by atoms with Gasteiger partial charge in [0, 0.05) is 11.4 Å². The minimum atomic E-state index is -1.26. The van der Waals surface area contributed by atoms with Crippen LogP contribution >= 0.6 is 27.5 Å². The number of rotatable bonds is 10. The Balaban J connectivity index is 1.90. The minimum absolute atomic E-state index is 0.109. The molecule has 0 aromatic heterocycles. The van der Waals surface area contributed by atoms with Crippen molar-refractivity contribution in [1.29, 1.82) is 0 Å². The van der Waals surface area contributed by atoms with Crippen molar-refractivity contribution in [2.75, 3.05) is 24.7 Å². The molecule has 1 N–H and O–H groups in total. The third kappa shape index (κ3) is 4.39. The molecule has 2 amide bonds. The fourth-order valence-electron chi connectivity index (χ4n) is 6.56. The minimum Gasteiger partial charge on any atom is -0.466 e. The standard InChI is InChI=1S/C28H36BrClN2O6/c1-6-12-31(22-16(5)10-9-11-18(22)30)26(35)24-28-13-17(29)23(38-28)20(27(36)37-8-3)21(28)25(34)32(24)19(14-33)15(4)7-2/h6,9-11,15,17,19-21,23-24,33H,1,7-8,12-14H2,2-5H3/t15-,17?,19-,20+,21-,23+,24?,28?/m0/s1. The number of amides is 2. The lowest BCUT2D eigenvalue weighted by Gasteiger charge is -2.41. The molecule has 3 aliphatic rings. The molecule has 1 aromatic carbocycles. The highest BCUT2D eigenvalue weighted by Crippen LogP contribution is 2.61. The third-order valence-corrected chi connectivity index (χ3v) is 9.55. The third-order valence-electron chi connectivity index (χ3n) is 8.40. The highest BCUT2D eigenvalue weighted by Gasteiger charge is 2.77. The average molecular weight is 612 g/mol. The van der Waals surface area contributed by atoms with Gasteiger partial charge in [-0.05, 0) is 37.8 Å². The van der Waals surface area contributed by atoms with Crippen LogP contribution in [0.2, 0.25) is 5.02 Å². The molecule has 8 atom stereocenters. The number of carbonyl (C=O) groups excluding carboxylic acids is 3. The molecule has 0 aliphatic carbocycles. The van der Waals surface area contributed by atoms with Crippen LogP contribution in [0.25, 0.3) is 0 Å². The Morgan fingerprint density at radius 3 is 2.71 bits per heavy atom. The number of halogens is 2. The van der Waals surface area contributed by atoms with Crippen molar-refractivity contribution in [3.63, 3.8) is 0 Å². The maximum atomic E-state index is 14.7. The second-order valence-corrected chi connectivity index (χ2v) is 12.0. The van der Waals surface area contributed by atoms with E-state index in [0.717, 1.165) is 5.56 Å². The van der Waals surface area contributed by atoms with Gasteiger partial charge in [0.25, 0.3) is 5.91 Å². The van der Waals surface area contributed by atoms with Crippen LogP contribution in [-0.2, 0) is 23.9 Å². The fourth-order valence-corrected chi connectivity index (χ4v) is 7.83. The number of aryl methyl sites for hydroxylation is 1. The molecule has 3 heterocycles. The Bertz CT molecular complexity index is 1100. The van der Waals surface area contributed by atoms with Gasteiger partial charge >= 0.3 is 5.97 Å². The fraction of sp³-hybridized carbons (Fsp3) is 0.607. The summed E-state index contributed by atoms with van der Waals surface area (Å²) in [5.74, 6) is -3.12. The van der Waals surface area contributed by atoms with E-state index in [2.05, 4.69) is 22.5 Å². The van der Waals surface area contributed by atoms with Gasteiger partial charge in [0.1, 0.15) is 11.6 Å². The van der Waals surface area contributed by atoms with Gasteiger partial charge in [0.15, 0.2) is 0 Å². The Labute approximate surface area is 237 Å². The SMILES string of the molecule is C=CCN(C(=O)C1N([C@@H](CO)[C@@H](C)CC)C(=O)[C@@H]2[C@@H](C(=O)OCC)[C@@H]3OC12CC3Br)c1c(C)cccc1Cl. The predicted molar refractivity (Wildman–Crippen MR) is 148 cm³/mol. The zero-order chi connectivity index (χ0) is 27.9. The van der Waals surface area contributed by atoms with E-state index in [-0.39, 0.29) is 42.3 Å². The van der Waals surface area contributed by atoms with E-state index in [1.54, 1.807) is 19.1 Å². The first-order valence-corrected chi connectivity index (χ1v) is 14.5. The van der Waals surface area contributed by atoms with E-state index in [0.29, 0.717) is 23.6 Å². The Hall–Kier alpha value is -1.94. The molecule has 3 fully saturated rings. The summed E-state index contributed by atoms with van der Waals surface area (Å²) in [4.78, 5) is 44.9. The highest BCUT2D eigenvalue weighted by atomic mass is 79.9. The largest absolute Gasteiger partial charge is 0.466 e. The van der Waals surface area contributed by atoms with Gasteiger partial charge < -0.3 is 24.4 Å². The summed E-state index contributed by atoms with van der Waals surface area (Å²) in [7, 11) is 0. The van der Waals surface area contributed by atoms with Crippen LogP contribution in [0.5, 0.6) is 0 Å². The zero-order valence-electron chi connectivity index (χ0n) is 22.2. The summed E-state index contributed by atoms with van der Waals surface area (Å²) in [6.07, 6.45) is 2.04. The first-order valence-electron chi connectivity index (χ1n) is 13.2. The van der Waals surface area contributed by atoms with Crippen LogP contribution in [0.3, 0.4) is 0 Å². The second-order valence-electron chi connectivity index (χ2n) is 10.4. The number of carbonyl (C=O) groups is 3. The highest BCUT2D eigenvalue weighted by molar-refractivity contribution is 9.09. The lowest BCUT2D eigenvalue weighted by molar-refractivity contribution is -0.155. The van der Waals surface area contributed by atoms with Crippen molar-refractivity contribution in [2.45, 2.75) is 69.2 Å². The van der Waals surface area contributed by atoms with Crippen LogP contribution in [0, 0.1) is 24.7 Å². The van der Waals surface area contributed by atoms with Gasteiger partial charge in [0.05, 0.1) is 47.9 Å². The van der Waals surface area contributed by atoms with E-state index < -0.39 is 41.6 Å². The van der Waals surface area contributed by atoms with Crippen molar-refractivity contribution in [3.05, 3.63) is 41.4 Å². The maximum Gasteiger partial charge on any atom is 0.312 e. The molecule has 3 aliphatic heterocycles. The quantitative estimate of drug-likeness (QED) is 0.245. The molecule has 0 radical (unpaired) electrons. The summed E-state index contributed by atoms with van der Waals surface area (Å²) in [5.41, 5.74) is 0.0535. The number of nitrogens with zero attached hydrogens (tertiary/aromatic N) is 2. The van der Waals surface area contributed by atoms with Gasteiger partial charge in [-0.25, -0.2) is 0 Å². The van der Waals surface area contributed by atoms with E-state index in [1.165, 1.54) is 9.80 Å². The number of likely N-dealkylation sites (tertiary alicyclic amines) is 1. The summed E-state index contributed by atoms with van der Waals surface area (Å²) in [6.45, 7) is 11.3. The molecule has 3 unspecified atom stereocenters. The van der Waals surface area contributed by atoms with Crippen LogP contribution in [0.15, 0.2) is 30.9 Å². The first-order chi connectivity index (χ1) is 18.1. The lowest BCUT2D eigenvalue weighted by Crippen LogP contribution is -2.60. The Morgan fingerprint density at radius 2 is 2.13 bits per heavy atom. The Kier molecular flexibility index (Phi) is 8.62. The number of anilines is 1. The van der Waals surface area contributed by atoms with Crippen LogP contribution < -0.4 is 4.90 Å². The molecule has 1 aromatic rings.